The van der Waals surface area contributed by atoms with Gasteiger partial charge in [-0.25, -0.2) is 0 Å². The minimum atomic E-state index is -0.961. The molecule has 0 spiro atoms. The molecule has 0 saturated carbocycles. The standard InChI is InChI=1S/C15H11ClN2O2/c16-12-8-6-10(7-9-12)13(19)15-18-17-14(20-15)11-4-2-1-3-5-11/h1-9,13,19H/t13-/m0/s1. The van der Waals surface area contributed by atoms with Crippen LogP contribution in [0.15, 0.2) is 59.0 Å². The SMILES string of the molecule is O[C@@H](c1ccc(Cl)cc1)c1nnc(-c2ccccc2)o1. The number of rotatable bonds is 3. The van der Waals surface area contributed by atoms with Crippen molar-refractivity contribution in [2.45, 2.75) is 6.10 Å². The topological polar surface area (TPSA) is 59.2 Å². The molecule has 2 aromatic carbocycles. The van der Waals surface area contributed by atoms with E-state index in [1.165, 1.54) is 0 Å². The van der Waals surface area contributed by atoms with E-state index in [0.29, 0.717) is 16.5 Å². The lowest BCUT2D eigenvalue weighted by molar-refractivity contribution is 0.183. The maximum absolute atomic E-state index is 10.2. The highest BCUT2D eigenvalue weighted by Crippen LogP contribution is 2.25. The molecule has 20 heavy (non-hydrogen) atoms. The van der Waals surface area contributed by atoms with Crippen LogP contribution < -0.4 is 0 Å². The molecule has 0 aliphatic heterocycles. The first-order valence-corrected chi connectivity index (χ1v) is 6.44. The Balaban J connectivity index is 1.88. The van der Waals surface area contributed by atoms with E-state index < -0.39 is 6.10 Å². The third-order valence-corrected chi connectivity index (χ3v) is 3.13. The summed E-state index contributed by atoms with van der Waals surface area (Å²) in [6.07, 6.45) is -0.961. The lowest BCUT2D eigenvalue weighted by Gasteiger charge is -2.05. The van der Waals surface area contributed by atoms with Gasteiger partial charge in [0.15, 0.2) is 6.10 Å². The van der Waals surface area contributed by atoms with Crippen LogP contribution in [0.5, 0.6) is 0 Å². The molecule has 1 N–H and O–H groups in total. The Morgan fingerprint density at radius 3 is 2.35 bits per heavy atom. The molecule has 0 aliphatic carbocycles. The fourth-order valence-electron chi connectivity index (χ4n) is 1.83. The zero-order valence-corrected chi connectivity index (χ0v) is 11.2. The van der Waals surface area contributed by atoms with Crippen LogP contribution >= 0.6 is 11.6 Å². The molecule has 0 saturated heterocycles. The first-order chi connectivity index (χ1) is 9.74. The molecule has 5 heteroatoms. The number of hydrogen-bond donors (Lipinski definition) is 1. The van der Waals surface area contributed by atoms with Crippen molar-refractivity contribution in [2.24, 2.45) is 0 Å². The first kappa shape index (κ1) is 12.8. The van der Waals surface area contributed by atoms with Gasteiger partial charge < -0.3 is 9.52 Å². The van der Waals surface area contributed by atoms with E-state index >= 15 is 0 Å². The normalized spacial score (nSPS) is 12.3. The van der Waals surface area contributed by atoms with Crippen molar-refractivity contribution >= 4 is 11.6 Å². The summed E-state index contributed by atoms with van der Waals surface area (Å²) >= 11 is 5.81. The van der Waals surface area contributed by atoms with Gasteiger partial charge in [-0.05, 0) is 29.8 Å². The van der Waals surface area contributed by atoms with Crippen LogP contribution in [0.25, 0.3) is 11.5 Å². The largest absolute Gasteiger partial charge is 0.417 e. The summed E-state index contributed by atoms with van der Waals surface area (Å²) in [6, 6.07) is 16.3. The van der Waals surface area contributed by atoms with E-state index in [0.717, 1.165) is 5.56 Å². The van der Waals surface area contributed by atoms with Gasteiger partial charge in [-0.1, -0.05) is 41.9 Å². The summed E-state index contributed by atoms with van der Waals surface area (Å²) in [5.41, 5.74) is 1.47. The van der Waals surface area contributed by atoms with E-state index in [1.807, 2.05) is 30.3 Å². The van der Waals surface area contributed by atoms with Crippen LogP contribution in [-0.2, 0) is 0 Å². The fraction of sp³-hybridized carbons (Fsp3) is 0.0667. The Kier molecular flexibility index (Phi) is 3.50. The van der Waals surface area contributed by atoms with Gasteiger partial charge in [0, 0.05) is 10.6 Å². The summed E-state index contributed by atoms with van der Waals surface area (Å²) < 4.78 is 5.51. The maximum atomic E-state index is 10.2. The fourth-order valence-corrected chi connectivity index (χ4v) is 1.96. The molecule has 1 atom stereocenters. The van der Waals surface area contributed by atoms with Gasteiger partial charge in [0.1, 0.15) is 0 Å². The van der Waals surface area contributed by atoms with Crippen molar-refractivity contribution in [1.82, 2.24) is 10.2 Å². The highest BCUT2D eigenvalue weighted by molar-refractivity contribution is 6.30. The van der Waals surface area contributed by atoms with E-state index in [-0.39, 0.29) is 5.89 Å². The molecule has 1 heterocycles. The second-order valence-corrected chi connectivity index (χ2v) is 4.70. The quantitative estimate of drug-likeness (QED) is 0.801. The second-order valence-electron chi connectivity index (χ2n) is 4.27. The lowest BCUT2D eigenvalue weighted by atomic mass is 10.1. The average molecular weight is 287 g/mol. The molecule has 0 amide bonds. The van der Waals surface area contributed by atoms with E-state index in [9.17, 15) is 5.11 Å². The Hall–Kier alpha value is -2.17. The predicted molar refractivity (Wildman–Crippen MR) is 75.2 cm³/mol. The molecule has 0 fully saturated rings. The second kappa shape index (κ2) is 5.45. The molecule has 3 aromatic rings. The smallest absolute Gasteiger partial charge is 0.249 e. The van der Waals surface area contributed by atoms with Gasteiger partial charge >= 0.3 is 0 Å². The average Bonchev–Trinajstić information content (AvgIpc) is 2.98. The number of halogens is 1. The van der Waals surface area contributed by atoms with E-state index in [1.54, 1.807) is 24.3 Å². The predicted octanol–water partition coefficient (Wildman–Crippen LogP) is 3.47. The molecular weight excluding hydrogens is 276 g/mol. The summed E-state index contributed by atoms with van der Waals surface area (Å²) in [5, 5.41) is 18.7. The number of aliphatic hydroxyl groups is 1. The van der Waals surface area contributed by atoms with Gasteiger partial charge in [0.25, 0.3) is 0 Å². The number of hydrogen-bond acceptors (Lipinski definition) is 4. The molecule has 0 aliphatic rings. The van der Waals surface area contributed by atoms with Crippen LogP contribution in [0.2, 0.25) is 5.02 Å². The molecule has 100 valence electrons. The van der Waals surface area contributed by atoms with Crippen molar-refractivity contribution in [2.75, 3.05) is 0 Å². The molecule has 4 nitrogen and oxygen atoms in total. The van der Waals surface area contributed by atoms with Gasteiger partial charge in [0.2, 0.25) is 11.8 Å². The molecule has 1 aromatic heterocycles. The minimum Gasteiger partial charge on any atom is -0.417 e. The van der Waals surface area contributed by atoms with Crippen LogP contribution in [0.4, 0.5) is 0 Å². The molecular formula is C15H11ClN2O2. The summed E-state index contributed by atoms with van der Waals surface area (Å²) in [7, 11) is 0. The third kappa shape index (κ3) is 2.57. The van der Waals surface area contributed by atoms with Gasteiger partial charge in [-0.2, -0.15) is 0 Å². The zero-order chi connectivity index (χ0) is 13.9. The van der Waals surface area contributed by atoms with E-state index in [4.69, 9.17) is 16.0 Å². The number of benzene rings is 2. The highest BCUT2D eigenvalue weighted by Gasteiger charge is 2.18. The Bertz CT molecular complexity index is 695. The maximum Gasteiger partial charge on any atom is 0.249 e. The monoisotopic (exact) mass is 286 g/mol. The summed E-state index contributed by atoms with van der Waals surface area (Å²) in [4.78, 5) is 0. The lowest BCUT2D eigenvalue weighted by Crippen LogP contribution is -1.99. The van der Waals surface area contributed by atoms with E-state index in [2.05, 4.69) is 10.2 Å². The molecule has 0 unspecified atom stereocenters. The highest BCUT2D eigenvalue weighted by atomic mass is 35.5. The van der Waals surface area contributed by atoms with Gasteiger partial charge in [-0.15, -0.1) is 10.2 Å². The van der Waals surface area contributed by atoms with Crippen molar-refractivity contribution < 1.29 is 9.52 Å². The Labute approximate surface area is 120 Å². The third-order valence-electron chi connectivity index (χ3n) is 2.88. The Morgan fingerprint density at radius 1 is 0.950 bits per heavy atom. The van der Waals surface area contributed by atoms with Crippen LogP contribution in [0.3, 0.4) is 0 Å². The van der Waals surface area contributed by atoms with Crippen molar-refractivity contribution in [1.29, 1.82) is 0 Å². The number of nitrogens with zero attached hydrogens (tertiary/aromatic N) is 2. The van der Waals surface area contributed by atoms with Crippen LogP contribution in [0, 0.1) is 0 Å². The Morgan fingerprint density at radius 2 is 1.65 bits per heavy atom. The van der Waals surface area contributed by atoms with Crippen LogP contribution in [-0.4, -0.2) is 15.3 Å². The van der Waals surface area contributed by atoms with Crippen molar-refractivity contribution in [3.8, 4) is 11.5 Å². The molecule has 0 radical (unpaired) electrons. The first-order valence-electron chi connectivity index (χ1n) is 6.06. The molecule has 3 rings (SSSR count). The summed E-state index contributed by atoms with van der Waals surface area (Å²) in [5.74, 6) is 0.541. The van der Waals surface area contributed by atoms with Gasteiger partial charge in [-0.3, -0.25) is 0 Å². The minimum absolute atomic E-state index is 0.158. The number of aromatic nitrogens is 2. The zero-order valence-electron chi connectivity index (χ0n) is 10.4. The van der Waals surface area contributed by atoms with Crippen molar-refractivity contribution in [3.63, 3.8) is 0 Å². The van der Waals surface area contributed by atoms with Gasteiger partial charge in [0.05, 0.1) is 0 Å². The number of aliphatic hydroxyl groups excluding tert-OH is 1. The van der Waals surface area contributed by atoms with Crippen molar-refractivity contribution in [3.05, 3.63) is 71.1 Å². The summed E-state index contributed by atoms with van der Waals surface area (Å²) in [6.45, 7) is 0. The van der Waals surface area contributed by atoms with Crippen LogP contribution in [0.1, 0.15) is 17.6 Å². The molecule has 0 bridgehead atoms.